The van der Waals surface area contributed by atoms with Crippen molar-refractivity contribution in [1.82, 2.24) is 0 Å². The zero-order valence-electron chi connectivity index (χ0n) is 10.6. The van der Waals surface area contributed by atoms with Crippen LogP contribution in [-0.2, 0) is 0 Å². The molecule has 0 heterocycles. The summed E-state index contributed by atoms with van der Waals surface area (Å²) in [6.45, 7) is 2.17. The molecule has 0 saturated carbocycles. The second kappa shape index (κ2) is 6.04. The van der Waals surface area contributed by atoms with Crippen molar-refractivity contribution >= 4 is 11.6 Å². The van der Waals surface area contributed by atoms with Gasteiger partial charge in [0, 0.05) is 17.6 Å². The Kier molecular flexibility index (Phi) is 4.40. The molecule has 19 heavy (non-hydrogen) atoms. The van der Waals surface area contributed by atoms with Crippen LogP contribution in [0.4, 0.5) is 4.39 Å². The highest BCUT2D eigenvalue weighted by Crippen LogP contribution is 2.26. The summed E-state index contributed by atoms with van der Waals surface area (Å²) in [6.07, 6.45) is -0.322. The molecule has 0 spiro atoms. The van der Waals surface area contributed by atoms with Crippen LogP contribution in [0.2, 0.25) is 5.02 Å². The van der Waals surface area contributed by atoms with Gasteiger partial charge in [-0.3, -0.25) is 0 Å². The molecule has 100 valence electrons. The van der Waals surface area contributed by atoms with Crippen molar-refractivity contribution in [1.29, 1.82) is 0 Å². The van der Waals surface area contributed by atoms with Crippen molar-refractivity contribution in [3.63, 3.8) is 0 Å². The van der Waals surface area contributed by atoms with Crippen LogP contribution in [-0.4, -0.2) is 6.54 Å². The lowest BCUT2D eigenvalue weighted by molar-refractivity contribution is 0.212. The summed E-state index contributed by atoms with van der Waals surface area (Å²) < 4.78 is 19.0. The zero-order valence-corrected chi connectivity index (χ0v) is 11.3. The largest absolute Gasteiger partial charge is 0.484 e. The van der Waals surface area contributed by atoms with E-state index in [2.05, 4.69) is 0 Å². The van der Waals surface area contributed by atoms with E-state index in [1.54, 1.807) is 18.2 Å². The molecule has 0 aliphatic heterocycles. The zero-order chi connectivity index (χ0) is 13.8. The fourth-order valence-corrected chi connectivity index (χ4v) is 1.91. The van der Waals surface area contributed by atoms with Crippen LogP contribution >= 0.6 is 11.6 Å². The maximum absolute atomic E-state index is 13.2. The molecule has 2 aromatic rings. The normalized spacial score (nSPS) is 12.2. The van der Waals surface area contributed by atoms with Gasteiger partial charge in [0.2, 0.25) is 0 Å². The van der Waals surface area contributed by atoms with Crippen LogP contribution in [0.3, 0.4) is 0 Å². The minimum Gasteiger partial charge on any atom is -0.484 e. The van der Waals surface area contributed by atoms with Crippen molar-refractivity contribution in [2.24, 2.45) is 5.73 Å². The summed E-state index contributed by atoms with van der Waals surface area (Å²) in [5.41, 5.74) is 7.51. The molecule has 1 unspecified atom stereocenters. The van der Waals surface area contributed by atoms with E-state index in [9.17, 15) is 4.39 Å². The summed E-state index contributed by atoms with van der Waals surface area (Å²) >= 11 is 5.84. The summed E-state index contributed by atoms with van der Waals surface area (Å²) in [6, 6.07) is 11.7. The van der Waals surface area contributed by atoms with E-state index in [0.29, 0.717) is 17.3 Å². The van der Waals surface area contributed by atoms with E-state index >= 15 is 0 Å². The van der Waals surface area contributed by atoms with E-state index in [0.717, 1.165) is 11.1 Å². The van der Waals surface area contributed by atoms with Crippen LogP contribution in [0.5, 0.6) is 5.75 Å². The molecule has 2 aromatic carbocycles. The molecule has 0 amide bonds. The van der Waals surface area contributed by atoms with Gasteiger partial charge in [0.15, 0.2) is 0 Å². The van der Waals surface area contributed by atoms with Crippen LogP contribution in [0, 0.1) is 12.7 Å². The van der Waals surface area contributed by atoms with Gasteiger partial charge in [-0.2, -0.15) is 0 Å². The highest BCUT2D eigenvalue weighted by atomic mass is 35.5. The van der Waals surface area contributed by atoms with E-state index in [1.807, 2.05) is 19.1 Å². The third-order valence-electron chi connectivity index (χ3n) is 2.88. The lowest BCUT2D eigenvalue weighted by Crippen LogP contribution is -2.18. The van der Waals surface area contributed by atoms with Gasteiger partial charge < -0.3 is 10.5 Å². The molecule has 0 fully saturated rings. The molecule has 0 radical (unpaired) electrons. The third kappa shape index (κ3) is 3.46. The van der Waals surface area contributed by atoms with Gasteiger partial charge in [-0.1, -0.05) is 29.8 Å². The average Bonchev–Trinajstić information content (AvgIpc) is 2.41. The lowest BCUT2D eigenvalue weighted by Gasteiger charge is -2.19. The van der Waals surface area contributed by atoms with Crippen LogP contribution in [0.1, 0.15) is 17.2 Å². The molecular weight excluding hydrogens is 265 g/mol. The third-order valence-corrected chi connectivity index (χ3v) is 3.13. The molecule has 0 bridgehead atoms. The number of rotatable bonds is 4. The van der Waals surface area contributed by atoms with Gasteiger partial charge in [-0.15, -0.1) is 0 Å². The number of benzene rings is 2. The Hall–Kier alpha value is -1.58. The highest BCUT2D eigenvalue weighted by Gasteiger charge is 2.13. The van der Waals surface area contributed by atoms with Gasteiger partial charge >= 0.3 is 0 Å². The second-order valence-electron chi connectivity index (χ2n) is 4.30. The number of aryl methyl sites for hydroxylation is 1. The molecule has 0 aliphatic carbocycles. The number of hydrogen-bond donors (Lipinski definition) is 1. The van der Waals surface area contributed by atoms with E-state index in [1.165, 1.54) is 12.1 Å². The maximum atomic E-state index is 13.2. The number of nitrogens with two attached hydrogens (primary N) is 1. The second-order valence-corrected chi connectivity index (χ2v) is 4.74. The van der Waals surface area contributed by atoms with Crippen molar-refractivity contribution in [2.45, 2.75) is 13.0 Å². The van der Waals surface area contributed by atoms with Crippen LogP contribution in [0.15, 0.2) is 42.5 Å². The summed E-state index contributed by atoms with van der Waals surface area (Å²) in [4.78, 5) is 0. The average molecular weight is 280 g/mol. The summed E-state index contributed by atoms with van der Waals surface area (Å²) in [5.74, 6) is 0.179. The molecular formula is C15H15ClFNO. The fraction of sp³-hybridized carbons (Fsp3) is 0.200. The predicted molar refractivity (Wildman–Crippen MR) is 75.0 cm³/mol. The lowest BCUT2D eigenvalue weighted by atomic mass is 10.1. The molecule has 2 N–H and O–H groups in total. The first-order valence-electron chi connectivity index (χ1n) is 5.98. The molecule has 0 saturated heterocycles. The molecule has 1 atom stereocenters. The van der Waals surface area contributed by atoms with E-state index in [-0.39, 0.29) is 11.9 Å². The van der Waals surface area contributed by atoms with Gasteiger partial charge in [0.1, 0.15) is 17.7 Å². The van der Waals surface area contributed by atoms with Crippen LogP contribution in [0.25, 0.3) is 0 Å². The molecule has 0 aromatic heterocycles. The first kappa shape index (κ1) is 13.8. The minimum absolute atomic E-state index is 0.303. The predicted octanol–water partition coefficient (Wildman–Crippen LogP) is 3.87. The quantitative estimate of drug-likeness (QED) is 0.922. The van der Waals surface area contributed by atoms with Gasteiger partial charge in [0.05, 0.1) is 0 Å². The minimum atomic E-state index is -0.326. The molecule has 2 nitrogen and oxygen atoms in total. The van der Waals surface area contributed by atoms with Gasteiger partial charge in [0.25, 0.3) is 0 Å². The summed E-state index contributed by atoms with van der Waals surface area (Å²) in [5, 5.41) is 0.654. The van der Waals surface area contributed by atoms with Gasteiger partial charge in [-0.05, 0) is 36.2 Å². The van der Waals surface area contributed by atoms with Crippen molar-refractivity contribution in [3.8, 4) is 5.75 Å². The Morgan fingerprint density at radius 2 is 1.89 bits per heavy atom. The van der Waals surface area contributed by atoms with Crippen molar-refractivity contribution < 1.29 is 9.13 Å². The van der Waals surface area contributed by atoms with Crippen LogP contribution < -0.4 is 10.5 Å². The first-order valence-corrected chi connectivity index (χ1v) is 6.36. The standard InChI is InChI=1S/C15H15ClFNO/c1-10-2-7-13(17)8-14(10)19-15(9-18)11-3-5-12(16)6-4-11/h2-8,15H,9,18H2,1H3. The summed E-state index contributed by atoms with van der Waals surface area (Å²) in [7, 11) is 0. The number of hydrogen-bond acceptors (Lipinski definition) is 2. The van der Waals surface area contributed by atoms with Crippen molar-refractivity contribution in [2.75, 3.05) is 6.54 Å². The van der Waals surface area contributed by atoms with Crippen molar-refractivity contribution in [3.05, 3.63) is 64.4 Å². The number of halogens is 2. The number of ether oxygens (including phenoxy) is 1. The van der Waals surface area contributed by atoms with Gasteiger partial charge in [-0.25, -0.2) is 4.39 Å². The maximum Gasteiger partial charge on any atom is 0.136 e. The Morgan fingerprint density at radius 3 is 2.53 bits per heavy atom. The first-order chi connectivity index (χ1) is 9.10. The Bertz CT molecular complexity index is 557. The monoisotopic (exact) mass is 279 g/mol. The highest BCUT2D eigenvalue weighted by molar-refractivity contribution is 6.30. The Morgan fingerprint density at radius 1 is 1.21 bits per heavy atom. The topological polar surface area (TPSA) is 35.2 Å². The van der Waals surface area contributed by atoms with E-state index < -0.39 is 0 Å². The van der Waals surface area contributed by atoms with E-state index in [4.69, 9.17) is 22.1 Å². The Labute approximate surface area is 117 Å². The smallest absolute Gasteiger partial charge is 0.136 e. The SMILES string of the molecule is Cc1ccc(F)cc1OC(CN)c1ccc(Cl)cc1. The molecule has 2 rings (SSSR count). The Balaban J connectivity index is 2.23. The fourth-order valence-electron chi connectivity index (χ4n) is 1.78. The molecule has 0 aliphatic rings. The molecule has 4 heteroatoms.